The minimum absolute atomic E-state index is 0.0966. The van der Waals surface area contributed by atoms with E-state index in [0.29, 0.717) is 33.0 Å². The standard InChI is InChI=1S/C27H28Cl2N4O4S/c1-15(2)33-11-10-21-23(14-33)38-26(32-21)25(35)31-22-13-16(27(36)37-3)12-20(29)19(22)8-9-24(34)30-18-6-4-17(28)5-7-18/h4-7,12-13,15H,8-11,14H2,1-3H3,(H,30,34)(H,31,35). The number of esters is 1. The quantitative estimate of drug-likeness (QED) is 0.328. The molecule has 0 atom stereocenters. The van der Waals surface area contributed by atoms with Crippen molar-refractivity contribution in [1.29, 1.82) is 0 Å². The van der Waals surface area contributed by atoms with Gasteiger partial charge in [-0.05, 0) is 62.2 Å². The highest BCUT2D eigenvalue weighted by Crippen LogP contribution is 2.31. The Morgan fingerprint density at radius 1 is 1.13 bits per heavy atom. The first kappa shape index (κ1) is 28.0. The molecule has 2 aromatic carbocycles. The van der Waals surface area contributed by atoms with E-state index in [0.717, 1.165) is 30.1 Å². The van der Waals surface area contributed by atoms with Gasteiger partial charge >= 0.3 is 5.97 Å². The lowest BCUT2D eigenvalue weighted by molar-refractivity contribution is -0.116. The van der Waals surface area contributed by atoms with E-state index >= 15 is 0 Å². The van der Waals surface area contributed by atoms with Crippen molar-refractivity contribution in [2.24, 2.45) is 0 Å². The molecule has 3 aromatic rings. The van der Waals surface area contributed by atoms with Gasteiger partial charge in [0.1, 0.15) is 0 Å². The van der Waals surface area contributed by atoms with Gasteiger partial charge in [0, 0.05) is 58.3 Å². The van der Waals surface area contributed by atoms with Gasteiger partial charge in [-0.15, -0.1) is 11.3 Å². The molecule has 0 saturated carbocycles. The van der Waals surface area contributed by atoms with Crippen molar-refractivity contribution >= 4 is 63.7 Å². The minimum Gasteiger partial charge on any atom is -0.465 e. The van der Waals surface area contributed by atoms with Crippen molar-refractivity contribution in [1.82, 2.24) is 9.88 Å². The van der Waals surface area contributed by atoms with Gasteiger partial charge < -0.3 is 15.4 Å². The number of amides is 2. The molecular formula is C27H28Cl2N4O4S. The van der Waals surface area contributed by atoms with Crippen molar-refractivity contribution in [3.63, 3.8) is 0 Å². The number of nitrogens with zero attached hydrogens (tertiary/aromatic N) is 2. The summed E-state index contributed by atoms with van der Waals surface area (Å²) < 4.78 is 4.83. The topological polar surface area (TPSA) is 101 Å². The van der Waals surface area contributed by atoms with E-state index in [1.807, 2.05) is 0 Å². The SMILES string of the molecule is COC(=O)c1cc(Cl)c(CCC(=O)Nc2ccc(Cl)cc2)c(NC(=O)c2nc3c(s2)CN(C(C)C)CC3)c1. The van der Waals surface area contributed by atoms with E-state index in [-0.39, 0.29) is 29.3 Å². The van der Waals surface area contributed by atoms with Crippen LogP contribution in [0, 0.1) is 0 Å². The van der Waals surface area contributed by atoms with Crippen molar-refractivity contribution < 1.29 is 19.1 Å². The summed E-state index contributed by atoms with van der Waals surface area (Å²) in [5, 5.41) is 6.83. The highest BCUT2D eigenvalue weighted by atomic mass is 35.5. The number of fused-ring (bicyclic) bond motifs is 1. The van der Waals surface area contributed by atoms with Gasteiger partial charge in [-0.25, -0.2) is 9.78 Å². The normalized spacial score (nSPS) is 13.2. The van der Waals surface area contributed by atoms with Gasteiger partial charge in [0.05, 0.1) is 18.4 Å². The lowest BCUT2D eigenvalue weighted by Gasteiger charge is -2.29. The Bertz CT molecular complexity index is 1360. The van der Waals surface area contributed by atoms with Crippen LogP contribution in [-0.2, 0) is 28.9 Å². The van der Waals surface area contributed by atoms with Crippen LogP contribution in [0.5, 0.6) is 0 Å². The number of methoxy groups -OCH3 is 1. The zero-order valence-corrected chi connectivity index (χ0v) is 23.6. The number of carbonyl (C=O) groups is 3. The zero-order chi connectivity index (χ0) is 27.4. The maximum Gasteiger partial charge on any atom is 0.337 e. The number of rotatable bonds is 8. The van der Waals surface area contributed by atoms with Gasteiger partial charge in [0.2, 0.25) is 5.91 Å². The molecule has 2 heterocycles. The second-order valence-corrected chi connectivity index (χ2v) is 11.1. The van der Waals surface area contributed by atoms with Crippen LogP contribution < -0.4 is 10.6 Å². The van der Waals surface area contributed by atoms with E-state index in [2.05, 4.69) is 34.4 Å². The smallest absolute Gasteiger partial charge is 0.337 e. The number of nitrogens with one attached hydrogen (secondary N) is 2. The van der Waals surface area contributed by atoms with Gasteiger partial charge in [-0.1, -0.05) is 23.2 Å². The van der Waals surface area contributed by atoms with Crippen LogP contribution in [0.3, 0.4) is 0 Å². The lowest BCUT2D eigenvalue weighted by Crippen LogP contribution is -2.35. The predicted molar refractivity (Wildman–Crippen MR) is 151 cm³/mol. The zero-order valence-electron chi connectivity index (χ0n) is 21.3. The molecule has 0 aliphatic carbocycles. The van der Waals surface area contributed by atoms with E-state index in [4.69, 9.17) is 27.9 Å². The Kier molecular flexibility index (Phi) is 9.04. The first-order valence-electron chi connectivity index (χ1n) is 12.1. The fourth-order valence-corrected chi connectivity index (χ4v) is 5.63. The van der Waals surface area contributed by atoms with Crippen molar-refractivity contribution in [3.8, 4) is 0 Å². The Hall–Kier alpha value is -2.98. The molecule has 2 N–H and O–H groups in total. The van der Waals surface area contributed by atoms with Crippen LogP contribution in [0.1, 0.15) is 56.6 Å². The monoisotopic (exact) mass is 574 g/mol. The number of thiazole rings is 1. The molecule has 0 radical (unpaired) electrons. The number of hydrogen-bond acceptors (Lipinski definition) is 7. The number of aromatic nitrogens is 1. The van der Waals surface area contributed by atoms with E-state index in [1.54, 1.807) is 24.3 Å². The second kappa shape index (κ2) is 12.3. The van der Waals surface area contributed by atoms with Gasteiger partial charge in [0.25, 0.3) is 5.91 Å². The van der Waals surface area contributed by atoms with E-state index in [1.165, 1.54) is 30.6 Å². The Morgan fingerprint density at radius 2 is 1.87 bits per heavy atom. The van der Waals surface area contributed by atoms with Gasteiger partial charge in [-0.3, -0.25) is 14.5 Å². The molecule has 0 fully saturated rings. The summed E-state index contributed by atoms with van der Waals surface area (Å²) in [6, 6.07) is 10.2. The predicted octanol–water partition coefficient (Wildman–Crippen LogP) is 5.83. The first-order chi connectivity index (χ1) is 18.1. The van der Waals surface area contributed by atoms with Crippen LogP contribution in [0.25, 0.3) is 0 Å². The molecule has 8 nitrogen and oxygen atoms in total. The average molecular weight is 576 g/mol. The third-order valence-electron chi connectivity index (χ3n) is 6.28. The molecule has 0 bridgehead atoms. The fraction of sp³-hybridized carbons (Fsp3) is 0.333. The molecule has 2 amide bonds. The van der Waals surface area contributed by atoms with E-state index in [9.17, 15) is 14.4 Å². The Morgan fingerprint density at radius 3 is 2.55 bits per heavy atom. The summed E-state index contributed by atoms with van der Waals surface area (Å²) >= 11 is 13.8. The lowest BCUT2D eigenvalue weighted by atomic mass is 10.0. The molecule has 11 heteroatoms. The van der Waals surface area contributed by atoms with Crippen LogP contribution in [0.15, 0.2) is 36.4 Å². The Balaban J connectivity index is 1.53. The van der Waals surface area contributed by atoms with E-state index < -0.39 is 11.9 Å². The molecule has 1 aliphatic heterocycles. The minimum atomic E-state index is -0.590. The second-order valence-electron chi connectivity index (χ2n) is 9.19. The molecular weight excluding hydrogens is 547 g/mol. The van der Waals surface area contributed by atoms with Crippen LogP contribution in [0.4, 0.5) is 11.4 Å². The van der Waals surface area contributed by atoms with Crippen molar-refractivity contribution in [2.75, 3.05) is 24.3 Å². The number of hydrogen-bond donors (Lipinski definition) is 2. The molecule has 200 valence electrons. The summed E-state index contributed by atoms with van der Waals surface area (Å²) in [4.78, 5) is 46.0. The summed E-state index contributed by atoms with van der Waals surface area (Å²) in [7, 11) is 1.27. The van der Waals surface area contributed by atoms with Crippen LogP contribution >= 0.6 is 34.5 Å². The summed E-state index contributed by atoms with van der Waals surface area (Å²) in [6.45, 7) is 5.95. The highest BCUT2D eigenvalue weighted by molar-refractivity contribution is 7.13. The number of halogens is 2. The highest BCUT2D eigenvalue weighted by Gasteiger charge is 2.25. The van der Waals surface area contributed by atoms with Gasteiger partial charge in [0.15, 0.2) is 5.01 Å². The first-order valence-corrected chi connectivity index (χ1v) is 13.7. The summed E-state index contributed by atoms with van der Waals surface area (Å²) in [6.07, 6.45) is 1.11. The van der Waals surface area contributed by atoms with Crippen LogP contribution in [0.2, 0.25) is 10.0 Å². The summed E-state index contributed by atoms with van der Waals surface area (Å²) in [5.41, 5.74) is 2.61. The fourth-order valence-electron chi connectivity index (χ4n) is 4.16. The van der Waals surface area contributed by atoms with Crippen LogP contribution in [-0.4, -0.2) is 47.4 Å². The molecule has 1 aliphatic rings. The number of carbonyl (C=O) groups excluding carboxylic acids is 3. The van der Waals surface area contributed by atoms with Crippen molar-refractivity contribution in [3.05, 3.63) is 73.1 Å². The third kappa shape index (κ3) is 6.71. The van der Waals surface area contributed by atoms with Gasteiger partial charge in [-0.2, -0.15) is 0 Å². The Labute approximate surface area is 235 Å². The number of benzene rings is 2. The average Bonchev–Trinajstić information content (AvgIpc) is 3.32. The molecule has 38 heavy (non-hydrogen) atoms. The maximum absolute atomic E-state index is 13.2. The maximum atomic E-state index is 13.2. The molecule has 4 rings (SSSR count). The molecule has 0 saturated heterocycles. The summed E-state index contributed by atoms with van der Waals surface area (Å²) in [5.74, 6) is -1.22. The molecule has 1 aromatic heterocycles. The number of ether oxygens (including phenoxy) is 1. The number of anilines is 2. The molecule has 0 unspecified atom stereocenters. The largest absolute Gasteiger partial charge is 0.465 e. The third-order valence-corrected chi connectivity index (χ3v) is 7.95. The molecule has 0 spiro atoms. The van der Waals surface area contributed by atoms with Crippen molar-refractivity contribution in [2.45, 2.75) is 45.7 Å².